The second-order valence-electron chi connectivity index (χ2n) is 9.08. The Morgan fingerprint density at radius 2 is 1.81 bits per heavy atom. The molecule has 1 fully saturated rings. The van der Waals surface area contributed by atoms with Gasteiger partial charge in [0.25, 0.3) is 0 Å². The van der Waals surface area contributed by atoms with Crippen LogP contribution in [0.1, 0.15) is 51.7 Å². The SMILES string of the molecule is CC(C)C(=O)[C@H]1CCN(Cc2ccc(C(C)(C)C(=O)CCN(C)C)cc2)C1. The van der Waals surface area contributed by atoms with Crippen LogP contribution in [0.15, 0.2) is 24.3 Å². The molecule has 1 aliphatic rings. The van der Waals surface area contributed by atoms with Crippen molar-refractivity contribution in [2.45, 2.75) is 52.5 Å². The number of ketones is 2. The smallest absolute Gasteiger partial charge is 0.144 e. The molecule has 0 spiro atoms. The molecule has 150 valence electrons. The average Bonchev–Trinajstić information content (AvgIpc) is 3.07. The third-order valence-electron chi connectivity index (χ3n) is 5.81. The fourth-order valence-electron chi connectivity index (χ4n) is 3.76. The summed E-state index contributed by atoms with van der Waals surface area (Å²) in [6.07, 6.45) is 1.54. The lowest BCUT2D eigenvalue weighted by Gasteiger charge is -2.25. The summed E-state index contributed by atoms with van der Waals surface area (Å²) in [6.45, 7) is 11.5. The third-order valence-corrected chi connectivity index (χ3v) is 5.81. The summed E-state index contributed by atoms with van der Waals surface area (Å²) in [5.41, 5.74) is 1.86. The maximum Gasteiger partial charge on any atom is 0.144 e. The molecule has 0 aromatic heterocycles. The molecule has 4 heteroatoms. The Kier molecular flexibility index (Phi) is 7.35. The third kappa shape index (κ3) is 5.73. The van der Waals surface area contributed by atoms with Gasteiger partial charge in [0, 0.05) is 43.3 Å². The molecule has 1 atom stereocenters. The van der Waals surface area contributed by atoms with E-state index in [0.717, 1.165) is 38.2 Å². The predicted molar refractivity (Wildman–Crippen MR) is 111 cm³/mol. The standard InChI is InChI=1S/C23H36N2O2/c1-17(2)22(27)19-11-14-25(16-19)15-18-7-9-20(10-8-18)23(3,4)21(26)12-13-24(5)6/h7-10,17,19H,11-16H2,1-6H3/t19-/m0/s1. The molecular formula is C23H36N2O2. The number of carbonyl (C=O) groups is 2. The zero-order valence-corrected chi connectivity index (χ0v) is 17.9. The zero-order valence-electron chi connectivity index (χ0n) is 17.9. The van der Waals surface area contributed by atoms with E-state index in [1.165, 1.54) is 5.56 Å². The summed E-state index contributed by atoms with van der Waals surface area (Å²) in [5, 5.41) is 0. The van der Waals surface area contributed by atoms with E-state index in [4.69, 9.17) is 0 Å². The molecule has 1 aromatic rings. The van der Waals surface area contributed by atoms with Gasteiger partial charge in [-0.1, -0.05) is 38.1 Å². The van der Waals surface area contributed by atoms with Crippen LogP contribution in [0.2, 0.25) is 0 Å². The number of carbonyl (C=O) groups excluding carboxylic acids is 2. The van der Waals surface area contributed by atoms with Gasteiger partial charge in [0.05, 0.1) is 0 Å². The van der Waals surface area contributed by atoms with Crippen LogP contribution in [0.5, 0.6) is 0 Å². The fraction of sp³-hybridized carbons (Fsp3) is 0.652. The fourth-order valence-corrected chi connectivity index (χ4v) is 3.76. The van der Waals surface area contributed by atoms with Crippen molar-refractivity contribution in [3.63, 3.8) is 0 Å². The average molecular weight is 373 g/mol. The number of hydrogen-bond donors (Lipinski definition) is 0. The van der Waals surface area contributed by atoms with Crippen LogP contribution in [0, 0.1) is 11.8 Å². The van der Waals surface area contributed by atoms with Crippen LogP contribution in [-0.2, 0) is 21.5 Å². The van der Waals surface area contributed by atoms with Gasteiger partial charge in [-0.25, -0.2) is 0 Å². The molecule has 0 radical (unpaired) electrons. The van der Waals surface area contributed by atoms with E-state index in [0.29, 0.717) is 12.2 Å². The van der Waals surface area contributed by atoms with Crippen LogP contribution in [0.4, 0.5) is 0 Å². The van der Waals surface area contributed by atoms with Crippen molar-refractivity contribution < 1.29 is 9.59 Å². The van der Waals surface area contributed by atoms with Crippen molar-refractivity contribution >= 4 is 11.6 Å². The number of likely N-dealkylation sites (tertiary alicyclic amines) is 1. The molecule has 1 aromatic carbocycles. The second-order valence-corrected chi connectivity index (χ2v) is 9.08. The summed E-state index contributed by atoms with van der Waals surface area (Å²) >= 11 is 0. The molecule has 0 amide bonds. The van der Waals surface area contributed by atoms with Crippen LogP contribution in [0.3, 0.4) is 0 Å². The number of benzene rings is 1. The first-order chi connectivity index (χ1) is 12.6. The first-order valence-electron chi connectivity index (χ1n) is 10.1. The topological polar surface area (TPSA) is 40.6 Å². The highest BCUT2D eigenvalue weighted by Crippen LogP contribution is 2.27. The van der Waals surface area contributed by atoms with Gasteiger partial charge in [0.15, 0.2) is 0 Å². The summed E-state index contributed by atoms with van der Waals surface area (Å²) in [5.74, 6) is 0.989. The molecular weight excluding hydrogens is 336 g/mol. The molecule has 1 heterocycles. The molecule has 0 unspecified atom stereocenters. The van der Waals surface area contributed by atoms with Crippen molar-refractivity contribution in [1.29, 1.82) is 0 Å². The Labute approximate surface area is 164 Å². The molecule has 4 nitrogen and oxygen atoms in total. The largest absolute Gasteiger partial charge is 0.309 e. The molecule has 0 saturated carbocycles. The molecule has 2 rings (SSSR count). The number of rotatable bonds is 9. The summed E-state index contributed by atoms with van der Waals surface area (Å²) in [4.78, 5) is 29.2. The highest BCUT2D eigenvalue weighted by atomic mass is 16.1. The summed E-state index contributed by atoms with van der Waals surface area (Å²) in [6, 6.07) is 8.45. The maximum absolute atomic E-state index is 12.6. The lowest BCUT2D eigenvalue weighted by molar-refractivity contribution is -0.125. The van der Waals surface area contributed by atoms with E-state index in [9.17, 15) is 9.59 Å². The first-order valence-corrected chi connectivity index (χ1v) is 10.1. The Morgan fingerprint density at radius 1 is 1.19 bits per heavy atom. The molecule has 0 aliphatic carbocycles. The molecule has 27 heavy (non-hydrogen) atoms. The van der Waals surface area contributed by atoms with Gasteiger partial charge in [-0.3, -0.25) is 14.5 Å². The predicted octanol–water partition coefficient (Wildman–Crippen LogP) is 3.53. The van der Waals surface area contributed by atoms with Crippen molar-refractivity contribution in [3.05, 3.63) is 35.4 Å². The lowest BCUT2D eigenvalue weighted by Crippen LogP contribution is -2.31. The number of hydrogen-bond acceptors (Lipinski definition) is 4. The molecule has 0 N–H and O–H groups in total. The normalized spacial score (nSPS) is 18.4. The van der Waals surface area contributed by atoms with Gasteiger partial charge in [-0.15, -0.1) is 0 Å². The molecule has 1 saturated heterocycles. The van der Waals surface area contributed by atoms with Gasteiger partial charge >= 0.3 is 0 Å². The van der Waals surface area contributed by atoms with E-state index >= 15 is 0 Å². The first kappa shape index (κ1) is 21.8. The minimum absolute atomic E-state index is 0.126. The van der Waals surface area contributed by atoms with E-state index < -0.39 is 5.41 Å². The quantitative estimate of drug-likeness (QED) is 0.665. The van der Waals surface area contributed by atoms with Gasteiger partial charge in [0.1, 0.15) is 11.6 Å². The van der Waals surface area contributed by atoms with E-state index in [-0.39, 0.29) is 17.6 Å². The lowest BCUT2D eigenvalue weighted by atomic mass is 9.79. The van der Waals surface area contributed by atoms with Crippen molar-refractivity contribution in [2.75, 3.05) is 33.7 Å². The Bertz CT molecular complexity index is 647. The Morgan fingerprint density at radius 3 is 2.37 bits per heavy atom. The van der Waals surface area contributed by atoms with Gasteiger partial charge in [-0.05, 0) is 52.0 Å². The molecule has 0 bridgehead atoms. The Balaban J connectivity index is 1.95. The summed E-state index contributed by atoms with van der Waals surface area (Å²) < 4.78 is 0. The van der Waals surface area contributed by atoms with Crippen molar-refractivity contribution in [1.82, 2.24) is 9.80 Å². The molecule has 1 aliphatic heterocycles. The zero-order chi connectivity index (χ0) is 20.2. The van der Waals surface area contributed by atoms with E-state index in [1.54, 1.807) is 0 Å². The minimum Gasteiger partial charge on any atom is -0.309 e. The van der Waals surface area contributed by atoms with E-state index in [2.05, 4.69) is 29.2 Å². The second kappa shape index (κ2) is 9.11. The number of Topliss-reactive ketones (excluding diaryl/α,β-unsaturated/α-hetero) is 2. The monoisotopic (exact) mass is 372 g/mol. The number of nitrogens with zero attached hydrogens (tertiary/aromatic N) is 2. The van der Waals surface area contributed by atoms with Gasteiger partial charge < -0.3 is 4.90 Å². The Hall–Kier alpha value is -1.52. The van der Waals surface area contributed by atoms with Crippen LogP contribution in [-0.4, -0.2) is 55.1 Å². The van der Waals surface area contributed by atoms with Gasteiger partial charge in [-0.2, -0.15) is 0 Å². The van der Waals surface area contributed by atoms with Gasteiger partial charge in [0.2, 0.25) is 0 Å². The minimum atomic E-state index is -0.461. The van der Waals surface area contributed by atoms with Crippen molar-refractivity contribution in [3.8, 4) is 0 Å². The maximum atomic E-state index is 12.6. The highest BCUT2D eigenvalue weighted by molar-refractivity contribution is 5.89. The van der Waals surface area contributed by atoms with Crippen LogP contribution >= 0.6 is 0 Å². The highest BCUT2D eigenvalue weighted by Gasteiger charge is 2.30. The van der Waals surface area contributed by atoms with Crippen molar-refractivity contribution in [2.24, 2.45) is 11.8 Å². The van der Waals surface area contributed by atoms with Crippen LogP contribution in [0.25, 0.3) is 0 Å². The summed E-state index contributed by atoms with van der Waals surface area (Å²) in [7, 11) is 3.99. The van der Waals surface area contributed by atoms with Crippen LogP contribution < -0.4 is 0 Å². The van der Waals surface area contributed by atoms with E-state index in [1.807, 2.05) is 46.7 Å².